The van der Waals surface area contributed by atoms with Crippen LogP contribution in [-0.2, 0) is 19.1 Å². The Labute approximate surface area is 122 Å². The molecule has 0 bridgehead atoms. The van der Waals surface area contributed by atoms with E-state index in [-0.39, 0.29) is 24.4 Å². The summed E-state index contributed by atoms with van der Waals surface area (Å²) in [5.74, 6) is -0.608. The number of esters is 1. The highest BCUT2D eigenvalue weighted by atomic mass is 16.5. The molecule has 1 saturated carbocycles. The second kappa shape index (κ2) is 6.39. The number of carbonyl (C=O) groups excluding carboxylic acids is 3. The smallest absolute Gasteiger partial charge is 0.309 e. The second-order valence-electron chi connectivity index (χ2n) is 5.24. The number of carbonyl (C=O) groups is 3. The molecule has 1 aliphatic carbocycles. The third-order valence-electron chi connectivity index (χ3n) is 3.22. The minimum absolute atomic E-state index is 0.0547. The normalized spacial score (nSPS) is 19.5. The van der Waals surface area contributed by atoms with Gasteiger partial charge >= 0.3 is 5.97 Å². The molecule has 1 aliphatic rings. The van der Waals surface area contributed by atoms with E-state index in [0.29, 0.717) is 17.3 Å². The number of nitrogens with one attached hydrogen (secondary N) is 2. The summed E-state index contributed by atoms with van der Waals surface area (Å²) in [6.07, 6.45) is 0.833. The van der Waals surface area contributed by atoms with E-state index in [1.165, 1.54) is 6.92 Å². The fourth-order valence-electron chi connectivity index (χ4n) is 1.97. The number of anilines is 2. The van der Waals surface area contributed by atoms with Gasteiger partial charge in [-0.15, -0.1) is 0 Å². The van der Waals surface area contributed by atoms with Crippen LogP contribution in [-0.4, -0.2) is 24.4 Å². The lowest BCUT2D eigenvalue weighted by Crippen LogP contribution is -2.21. The van der Waals surface area contributed by atoms with E-state index in [9.17, 15) is 14.4 Å². The lowest BCUT2D eigenvalue weighted by molar-refractivity contribution is -0.148. The molecule has 0 aliphatic heterocycles. The molecule has 2 N–H and O–H groups in total. The van der Waals surface area contributed by atoms with Crippen molar-refractivity contribution >= 4 is 29.2 Å². The summed E-state index contributed by atoms with van der Waals surface area (Å²) in [4.78, 5) is 34.2. The largest absolute Gasteiger partial charge is 0.455 e. The monoisotopic (exact) mass is 290 g/mol. The molecule has 6 heteroatoms. The van der Waals surface area contributed by atoms with Crippen LogP contribution in [0.15, 0.2) is 24.3 Å². The molecular formula is C15H18N2O4. The summed E-state index contributed by atoms with van der Waals surface area (Å²) in [6.45, 7) is 3.08. The topological polar surface area (TPSA) is 84.5 Å². The Morgan fingerprint density at radius 2 is 1.86 bits per heavy atom. The van der Waals surface area contributed by atoms with Crippen LogP contribution in [0, 0.1) is 11.8 Å². The van der Waals surface area contributed by atoms with Crippen LogP contribution >= 0.6 is 0 Å². The van der Waals surface area contributed by atoms with Gasteiger partial charge in [-0.2, -0.15) is 0 Å². The highest BCUT2D eigenvalue weighted by Gasteiger charge is 2.40. The fraction of sp³-hybridized carbons (Fsp3) is 0.400. The lowest BCUT2D eigenvalue weighted by Gasteiger charge is -2.08. The van der Waals surface area contributed by atoms with Gasteiger partial charge in [0.05, 0.1) is 5.92 Å². The van der Waals surface area contributed by atoms with E-state index in [1.54, 1.807) is 24.3 Å². The molecule has 21 heavy (non-hydrogen) atoms. The van der Waals surface area contributed by atoms with Gasteiger partial charge in [-0.05, 0) is 30.5 Å². The van der Waals surface area contributed by atoms with Gasteiger partial charge in [-0.3, -0.25) is 14.4 Å². The molecule has 0 aromatic heterocycles. The van der Waals surface area contributed by atoms with Gasteiger partial charge in [0, 0.05) is 18.3 Å². The zero-order chi connectivity index (χ0) is 15.4. The Hall–Kier alpha value is -2.37. The summed E-state index contributed by atoms with van der Waals surface area (Å²) in [5.41, 5.74) is 1.12. The Kier molecular flexibility index (Phi) is 4.57. The number of rotatable bonds is 5. The number of ether oxygens (including phenoxy) is 1. The van der Waals surface area contributed by atoms with Gasteiger partial charge in [-0.25, -0.2) is 0 Å². The van der Waals surface area contributed by atoms with Gasteiger partial charge in [0.25, 0.3) is 5.91 Å². The first-order valence-corrected chi connectivity index (χ1v) is 6.80. The van der Waals surface area contributed by atoms with Gasteiger partial charge in [0.2, 0.25) is 5.91 Å². The summed E-state index contributed by atoms with van der Waals surface area (Å²) in [7, 11) is 0. The maximum atomic E-state index is 11.7. The molecule has 0 heterocycles. The van der Waals surface area contributed by atoms with Crippen molar-refractivity contribution in [1.82, 2.24) is 0 Å². The summed E-state index contributed by atoms with van der Waals surface area (Å²) in [5, 5.41) is 5.24. The molecule has 2 amide bonds. The number of hydrogen-bond acceptors (Lipinski definition) is 4. The van der Waals surface area contributed by atoms with Crippen molar-refractivity contribution in [2.24, 2.45) is 11.8 Å². The Morgan fingerprint density at radius 1 is 1.24 bits per heavy atom. The lowest BCUT2D eigenvalue weighted by atomic mass is 10.2. The molecule has 6 nitrogen and oxygen atoms in total. The molecule has 0 unspecified atom stereocenters. The predicted molar refractivity (Wildman–Crippen MR) is 77.6 cm³/mol. The van der Waals surface area contributed by atoms with Crippen LogP contribution in [0.25, 0.3) is 0 Å². The van der Waals surface area contributed by atoms with Gasteiger partial charge in [0.1, 0.15) is 0 Å². The van der Waals surface area contributed by atoms with Crippen LogP contribution in [0.2, 0.25) is 0 Å². The Morgan fingerprint density at radius 3 is 2.43 bits per heavy atom. The van der Waals surface area contributed by atoms with E-state index in [4.69, 9.17) is 4.74 Å². The molecule has 0 saturated heterocycles. The van der Waals surface area contributed by atoms with E-state index >= 15 is 0 Å². The molecule has 1 aromatic carbocycles. The van der Waals surface area contributed by atoms with Crippen molar-refractivity contribution in [3.05, 3.63) is 24.3 Å². The highest BCUT2D eigenvalue weighted by Crippen LogP contribution is 2.38. The fourth-order valence-corrected chi connectivity index (χ4v) is 1.97. The van der Waals surface area contributed by atoms with Crippen molar-refractivity contribution in [3.8, 4) is 0 Å². The molecule has 0 spiro atoms. The van der Waals surface area contributed by atoms with Gasteiger partial charge in [0.15, 0.2) is 6.61 Å². The summed E-state index contributed by atoms with van der Waals surface area (Å²) < 4.78 is 4.94. The molecule has 1 fully saturated rings. The van der Waals surface area contributed by atoms with Gasteiger partial charge < -0.3 is 15.4 Å². The minimum Gasteiger partial charge on any atom is -0.455 e. The highest BCUT2D eigenvalue weighted by molar-refractivity contribution is 5.94. The molecule has 2 rings (SSSR count). The average molecular weight is 290 g/mol. The van der Waals surface area contributed by atoms with Crippen molar-refractivity contribution < 1.29 is 19.1 Å². The standard InChI is InChI=1S/C15H18N2O4/c1-9-6-13(9)15(20)21-8-14(19)17-12-5-3-4-11(7-12)16-10(2)18/h3-5,7,9,13H,6,8H2,1-2H3,(H,16,18)(H,17,19)/t9-,13-/m1/s1. The summed E-state index contributed by atoms with van der Waals surface area (Å²) >= 11 is 0. The van der Waals surface area contributed by atoms with Gasteiger partial charge in [-0.1, -0.05) is 13.0 Å². The van der Waals surface area contributed by atoms with E-state index in [2.05, 4.69) is 10.6 Å². The minimum atomic E-state index is -0.406. The van der Waals surface area contributed by atoms with Crippen molar-refractivity contribution in [2.75, 3.05) is 17.2 Å². The second-order valence-corrected chi connectivity index (χ2v) is 5.24. The maximum absolute atomic E-state index is 11.7. The zero-order valence-corrected chi connectivity index (χ0v) is 12.0. The zero-order valence-electron chi connectivity index (χ0n) is 12.0. The number of amides is 2. The van der Waals surface area contributed by atoms with E-state index in [1.807, 2.05) is 6.92 Å². The van der Waals surface area contributed by atoms with Crippen LogP contribution in [0.1, 0.15) is 20.3 Å². The predicted octanol–water partition coefficient (Wildman–Crippen LogP) is 1.78. The third kappa shape index (κ3) is 4.59. The first kappa shape index (κ1) is 15.0. The van der Waals surface area contributed by atoms with E-state index < -0.39 is 5.91 Å². The molecule has 0 radical (unpaired) electrons. The molecule has 1 aromatic rings. The Bertz CT molecular complexity index is 571. The average Bonchev–Trinajstić information content (AvgIpc) is 3.13. The third-order valence-corrected chi connectivity index (χ3v) is 3.22. The maximum Gasteiger partial charge on any atom is 0.309 e. The van der Waals surface area contributed by atoms with Crippen LogP contribution in [0.3, 0.4) is 0 Å². The molecule has 112 valence electrons. The van der Waals surface area contributed by atoms with Crippen LogP contribution in [0.4, 0.5) is 11.4 Å². The first-order valence-electron chi connectivity index (χ1n) is 6.80. The van der Waals surface area contributed by atoms with E-state index in [0.717, 1.165) is 6.42 Å². The van der Waals surface area contributed by atoms with Crippen molar-refractivity contribution in [3.63, 3.8) is 0 Å². The summed E-state index contributed by atoms with van der Waals surface area (Å²) in [6, 6.07) is 6.74. The first-order chi connectivity index (χ1) is 9.95. The Balaban J connectivity index is 1.81. The van der Waals surface area contributed by atoms with Crippen LogP contribution < -0.4 is 10.6 Å². The quantitative estimate of drug-likeness (QED) is 0.810. The molecular weight excluding hydrogens is 272 g/mol. The van der Waals surface area contributed by atoms with Crippen molar-refractivity contribution in [2.45, 2.75) is 20.3 Å². The van der Waals surface area contributed by atoms with Crippen molar-refractivity contribution in [1.29, 1.82) is 0 Å². The SMILES string of the molecule is CC(=O)Nc1cccc(NC(=O)COC(=O)[C@@H]2C[C@H]2C)c1. The molecule has 2 atom stereocenters. The number of benzene rings is 1. The number of hydrogen-bond donors (Lipinski definition) is 2. The van der Waals surface area contributed by atoms with Crippen LogP contribution in [0.5, 0.6) is 0 Å².